The molecule has 9 nitrogen and oxygen atoms in total. The maximum atomic E-state index is 13.2. The van der Waals surface area contributed by atoms with Crippen molar-refractivity contribution in [1.29, 1.82) is 0 Å². The number of aromatic nitrogens is 2. The Morgan fingerprint density at radius 1 is 1.12 bits per heavy atom. The average molecular weight is 450 g/mol. The van der Waals surface area contributed by atoms with E-state index in [9.17, 15) is 14.7 Å². The zero-order valence-corrected chi connectivity index (χ0v) is 18.4. The predicted octanol–water partition coefficient (Wildman–Crippen LogP) is 2.99. The molecule has 2 aromatic heterocycles. The van der Waals surface area contributed by atoms with E-state index in [2.05, 4.69) is 15.3 Å². The second-order valence-electron chi connectivity index (χ2n) is 8.00. The topological polar surface area (TPSA) is 114 Å². The van der Waals surface area contributed by atoms with Crippen LogP contribution in [0.4, 0.5) is 10.5 Å². The summed E-state index contributed by atoms with van der Waals surface area (Å²) in [6.45, 7) is 0.481. The Kier molecular flexibility index (Phi) is 6.69. The normalized spacial score (nSPS) is 15.2. The number of anilines is 1. The van der Waals surface area contributed by atoms with Gasteiger partial charge in [-0.2, -0.15) is 0 Å². The summed E-state index contributed by atoms with van der Waals surface area (Å²) in [5, 5.41) is 13.0. The average Bonchev–Trinajstić information content (AvgIpc) is 2.87. The SMILES string of the molecule is COc1ccc2nccc(NC(=O)C3(CO)CCN(C(=O)OCc4ccccc4)CC3)c2n1. The molecular weight excluding hydrogens is 424 g/mol. The first-order valence-corrected chi connectivity index (χ1v) is 10.7. The minimum absolute atomic E-state index is 0.188. The number of fused-ring (bicyclic) bond motifs is 1. The molecule has 172 valence electrons. The Morgan fingerprint density at radius 2 is 1.88 bits per heavy atom. The summed E-state index contributed by atoms with van der Waals surface area (Å²) in [5.41, 5.74) is 1.50. The van der Waals surface area contributed by atoms with E-state index < -0.39 is 11.5 Å². The number of nitrogens with one attached hydrogen (secondary N) is 1. The van der Waals surface area contributed by atoms with E-state index in [-0.39, 0.29) is 19.1 Å². The van der Waals surface area contributed by atoms with Crippen LogP contribution in [0, 0.1) is 5.41 Å². The van der Waals surface area contributed by atoms with Crippen molar-refractivity contribution in [3.05, 3.63) is 60.3 Å². The lowest BCUT2D eigenvalue weighted by Crippen LogP contribution is -2.50. The maximum Gasteiger partial charge on any atom is 0.410 e. The smallest absolute Gasteiger partial charge is 0.410 e. The number of ether oxygens (including phenoxy) is 2. The molecular formula is C24H26N4O5. The Bertz CT molecular complexity index is 1130. The highest BCUT2D eigenvalue weighted by Crippen LogP contribution is 2.34. The molecule has 0 unspecified atom stereocenters. The number of methoxy groups -OCH3 is 1. The van der Waals surface area contributed by atoms with E-state index in [4.69, 9.17) is 9.47 Å². The molecule has 0 radical (unpaired) electrons. The molecule has 1 aliphatic rings. The lowest BCUT2D eigenvalue weighted by Gasteiger charge is -2.38. The number of piperidine rings is 1. The summed E-state index contributed by atoms with van der Waals surface area (Å²) in [6, 6.07) is 14.6. The number of carbonyl (C=O) groups excluding carboxylic acids is 2. The van der Waals surface area contributed by atoms with Crippen molar-refractivity contribution in [3.63, 3.8) is 0 Å². The summed E-state index contributed by atoms with van der Waals surface area (Å²) >= 11 is 0. The predicted molar refractivity (Wildman–Crippen MR) is 122 cm³/mol. The standard InChI is InChI=1S/C24H26N4O5/c1-32-20-8-7-18-21(27-20)19(9-12-25-18)26-22(30)24(16-29)10-13-28(14-11-24)23(31)33-15-17-5-3-2-4-6-17/h2-9,12,29H,10-11,13-16H2,1H3,(H,25,26,30). The summed E-state index contributed by atoms with van der Waals surface area (Å²) in [7, 11) is 1.52. The number of pyridine rings is 2. The Hall–Kier alpha value is -3.72. The quantitative estimate of drug-likeness (QED) is 0.593. The fraction of sp³-hybridized carbons (Fsp3) is 0.333. The molecule has 1 fully saturated rings. The molecule has 2 amide bonds. The summed E-state index contributed by atoms with van der Waals surface area (Å²) < 4.78 is 10.6. The number of rotatable bonds is 6. The van der Waals surface area contributed by atoms with Gasteiger partial charge in [0.15, 0.2) is 0 Å². The Morgan fingerprint density at radius 3 is 2.58 bits per heavy atom. The van der Waals surface area contributed by atoms with Gasteiger partial charge in [0.1, 0.15) is 12.1 Å². The van der Waals surface area contributed by atoms with Gasteiger partial charge in [0.25, 0.3) is 0 Å². The fourth-order valence-corrected chi connectivity index (χ4v) is 3.86. The van der Waals surface area contributed by atoms with Gasteiger partial charge in [0.2, 0.25) is 11.8 Å². The van der Waals surface area contributed by atoms with Gasteiger partial charge < -0.3 is 24.8 Å². The molecule has 1 aliphatic heterocycles. The minimum Gasteiger partial charge on any atom is -0.481 e. The van der Waals surface area contributed by atoms with Crippen LogP contribution in [0.15, 0.2) is 54.7 Å². The van der Waals surface area contributed by atoms with Gasteiger partial charge in [0.05, 0.1) is 30.3 Å². The lowest BCUT2D eigenvalue weighted by molar-refractivity contribution is -0.131. The van der Waals surface area contributed by atoms with Crippen molar-refractivity contribution in [2.45, 2.75) is 19.4 Å². The molecule has 4 rings (SSSR count). The number of likely N-dealkylation sites (tertiary alicyclic amines) is 1. The number of amides is 2. The second-order valence-corrected chi connectivity index (χ2v) is 8.00. The van der Waals surface area contributed by atoms with Crippen molar-refractivity contribution in [2.75, 3.05) is 32.1 Å². The van der Waals surface area contributed by atoms with E-state index in [0.29, 0.717) is 48.5 Å². The fourth-order valence-electron chi connectivity index (χ4n) is 3.86. The van der Waals surface area contributed by atoms with Gasteiger partial charge in [-0.1, -0.05) is 30.3 Å². The summed E-state index contributed by atoms with van der Waals surface area (Å²) in [5.74, 6) is 0.0876. The van der Waals surface area contributed by atoms with Gasteiger partial charge in [-0.15, -0.1) is 0 Å². The van der Waals surface area contributed by atoms with Crippen molar-refractivity contribution in [1.82, 2.24) is 14.9 Å². The van der Waals surface area contributed by atoms with Crippen LogP contribution in [0.5, 0.6) is 5.88 Å². The van der Waals surface area contributed by atoms with Crippen molar-refractivity contribution >= 4 is 28.7 Å². The third kappa shape index (κ3) is 4.88. The molecule has 0 spiro atoms. The van der Waals surface area contributed by atoms with Crippen LogP contribution in [0.2, 0.25) is 0 Å². The van der Waals surface area contributed by atoms with Gasteiger partial charge in [0, 0.05) is 25.4 Å². The maximum absolute atomic E-state index is 13.2. The molecule has 2 N–H and O–H groups in total. The highest BCUT2D eigenvalue weighted by Gasteiger charge is 2.42. The molecule has 9 heteroatoms. The molecule has 0 bridgehead atoms. The molecule has 0 aliphatic carbocycles. The van der Waals surface area contributed by atoms with Crippen LogP contribution in [0.1, 0.15) is 18.4 Å². The largest absolute Gasteiger partial charge is 0.481 e. The van der Waals surface area contributed by atoms with Crippen LogP contribution in [-0.4, -0.2) is 58.8 Å². The number of benzene rings is 1. The third-order valence-corrected chi connectivity index (χ3v) is 5.98. The van der Waals surface area contributed by atoms with Crippen LogP contribution in [0.3, 0.4) is 0 Å². The molecule has 33 heavy (non-hydrogen) atoms. The summed E-state index contributed by atoms with van der Waals surface area (Å²) in [4.78, 5) is 35.9. The van der Waals surface area contributed by atoms with Gasteiger partial charge in [-0.25, -0.2) is 9.78 Å². The molecule has 3 aromatic rings. The van der Waals surface area contributed by atoms with E-state index in [0.717, 1.165) is 5.56 Å². The highest BCUT2D eigenvalue weighted by atomic mass is 16.6. The number of aliphatic hydroxyl groups is 1. The van der Waals surface area contributed by atoms with Crippen molar-refractivity contribution in [3.8, 4) is 5.88 Å². The zero-order chi connectivity index (χ0) is 23.3. The van der Waals surface area contributed by atoms with Crippen molar-refractivity contribution in [2.24, 2.45) is 5.41 Å². The summed E-state index contributed by atoms with van der Waals surface area (Å²) in [6.07, 6.45) is 1.79. The van der Waals surface area contributed by atoms with Gasteiger partial charge in [-0.3, -0.25) is 9.78 Å². The molecule has 1 saturated heterocycles. The van der Waals surface area contributed by atoms with Crippen molar-refractivity contribution < 1.29 is 24.2 Å². The molecule has 1 aromatic carbocycles. The number of hydrogen-bond acceptors (Lipinski definition) is 7. The molecule has 3 heterocycles. The van der Waals surface area contributed by atoms with Crippen LogP contribution in [0.25, 0.3) is 11.0 Å². The van der Waals surface area contributed by atoms with Gasteiger partial charge in [-0.05, 0) is 30.5 Å². The minimum atomic E-state index is -1.01. The van der Waals surface area contributed by atoms with E-state index >= 15 is 0 Å². The number of carbonyl (C=O) groups is 2. The Balaban J connectivity index is 1.41. The Labute approximate surface area is 191 Å². The molecule has 0 saturated carbocycles. The first kappa shape index (κ1) is 22.5. The van der Waals surface area contributed by atoms with E-state index in [1.165, 1.54) is 7.11 Å². The number of nitrogens with zero attached hydrogens (tertiary/aromatic N) is 3. The molecule has 0 atom stereocenters. The number of aliphatic hydroxyl groups excluding tert-OH is 1. The first-order chi connectivity index (χ1) is 16.0. The van der Waals surface area contributed by atoms with E-state index in [1.807, 2.05) is 30.3 Å². The second kappa shape index (κ2) is 9.83. The lowest BCUT2D eigenvalue weighted by atomic mass is 9.78. The van der Waals surface area contributed by atoms with Crippen LogP contribution in [-0.2, 0) is 16.1 Å². The van der Waals surface area contributed by atoms with Crippen LogP contribution >= 0.6 is 0 Å². The van der Waals surface area contributed by atoms with E-state index in [1.54, 1.807) is 29.3 Å². The monoisotopic (exact) mass is 450 g/mol. The van der Waals surface area contributed by atoms with Gasteiger partial charge >= 0.3 is 6.09 Å². The first-order valence-electron chi connectivity index (χ1n) is 10.7. The third-order valence-electron chi connectivity index (χ3n) is 5.98. The zero-order valence-electron chi connectivity index (χ0n) is 18.4. The van der Waals surface area contributed by atoms with Crippen LogP contribution < -0.4 is 10.1 Å². The number of hydrogen-bond donors (Lipinski definition) is 2. The highest BCUT2D eigenvalue weighted by molar-refractivity contribution is 6.01.